The normalized spacial score (nSPS) is 11.5. The van der Waals surface area contributed by atoms with Gasteiger partial charge in [-0.25, -0.2) is 0 Å². The first-order valence-electron chi connectivity index (χ1n) is 4.77. The highest BCUT2D eigenvalue weighted by atomic mass is 32.2. The predicted molar refractivity (Wildman–Crippen MR) is 57.5 cm³/mol. The number of halogens is 3. The lowest BCUT2D eigenvalue weighted by Crippen LogP contribution is -2.18. The first-order valence-corrected chi connectivity index (χ1v) is 5.75. The molecule has 0 aromatic carbocycles. The van der Waals surface area contributed by atoms with Crippen LogP contribution in [0.5, 0.6) is 0 Å². The molecule has 0 aliphatic carbocycles. The van der Waals surface area contributed by atoms with Crippen LogP contribution in [0.3, 0.4) is 0 Å². The molecule has 0 aliphatic rings. The Morgan fingerprint density at radius 3 is 2.72 bits per heavy atom. The van der Waals surface area contributed by atoms with Gasteiger partial charge >= 0.3 is 12.1 Å². The smallest absolute Gasteiger partial charge is 0.390 e. The third kappa shape index (κ3) is 5.21. The van der Waals surface area contributed by atoms with E-state index in [0.717, 1.165) is 10.6 Å². The lowest BCUT2D eigenvalue weighted by molar-refractivity contribution is -0.137. The molecule has 0 atom stereocenters. The molecule has 0 bridgehead atoms. The van der Waals surface area contributed by atoms with Crippen molar-refractivity contribution in [2.24, 2.45) is 0 Å². The highest BCUT2D eigenvalue weighted by molar-refractivity contribution is 7.99. The minimum absolute atomic E-state index is 0.0332. The molecule has 9 heteroatoms. The van der Waals surface area contributed by atoms with Gasteiger partial charge in [-0.15, -0.1) is 0 Å². The van der Waals surface area contributed by atoms with Gasteiger partial charge in [0.1, 0.15) is 0 Å². The molecular formula is C9H9F3N2O3S. The number of aliphatic carboxylic acids is 1. The molecule has 0 amide bonds. The fraction of sp³-hybridized carbons (Fsp3) is 0.444. The fourth-order valence-corrected chi connectivity index (χ4v) is 1.80. The highest BCUT2D eigenvalue weighted by Crippen LogP contribution is 2.22. The van der Waals surface area contributed by atoms with Gasteiger partial charge in [0.05, 0.1) is 12.2 Å². The number of nitrogens with zero attached hydrogens (tertiary/aromatic N) is 2. The van der Waals surface area contributed by atoms with Crippen LogP contribution >= 0.6 is 11.8 Å². The van der Waals surface area contributed by atoms with Crippen molar-refractivity contribution in [2.75, 3.05) is 5.75 Å². The van der Waals surface area contributed by atoms with Gasteiger partial charge in [0.15, 0.2) is 5.16 Å². The number of carboxylic acid groups (broad SMARTS) is 1. The number of aryl methyl sites for hydroxylation is 1. The molecule has 5 nitrogen and oxygen atoms in total. The Kier molecular flexibility index (Phi) is 4.76. The van der Waals surface area contributed by atoms with Crippen molar-refractivity contribution in [1.29, 1.82) is 0 Å². The molecule has 0 saturated carbocycles. The summed E-state index contributed by atoms with van der Waals surface area (Å²) >= 11 is 0.705. The van der Waals surface area contributed by atoms with E-state index in [2.05, 4.69) is 4.98 Å². The number of carboxylic acids is 1. The molecular weight excluding hydrogens is 273 g/mol. The number of alkyl halides is 3. The summed E-state index contributed by atoms with van der Waals surface area (Å²) in [4.78, 5) is 24.8. The molecule has 1 heterocycles. The maximum Gasteiger partial charge on any atom is 0.390 e. The maximum absolute atomic E-state index is 12.1. The summed E-state index contributed by atoms with van der Waals surface area (Å²) < 4.78 is 37.3. The molecule has 0 spiro atoms. The Balaban J connectivity index is 2.82. The molecule has 0 fully saturated rings. The van der Waals surface area contributed by atoms with E-state index in [9.17, 15) is 22.8 Å². The molecule has 0 unspecified atom stereocenters. The van der Waals surface area contributed by atoms with Gasteiger partial charge < -0.3 is 9.67 Å². The van der Waals surface area contributed by atoms with Crippen molar-refractivity contribution in [3.05, 3.63) is 22.6 Å². The van der Waals surface area contributed by atoms with Crippen molar-refractivity contribution in [1.82, 2.24) is 9.55 Å². The zero-order valence-electron chi connectivity index (χ0n) is 8.98. The van der Waals surface area contributed by atoms with Gasteiger partial charge in [0, 0.05) is 18.8 Å². The summed E-state index contributed by atoms with van der Waals surface area (Å²) in [7, 11) is 0. The largest absolute Gasteiger partial charge is 0.481 e. The molecule has 1 N–H and O–H groups in total. The Morgan fingerprint density at radius 2 is 2.17 bits per heavy atom. The van der Waals surface area contributed by atoms with Crippen LogP contribution in [0.4, 0.5) is 13.2 Å². The molecule has 18 heavy (non-hydrogen) atoms. The Labute approximate surface area is 104 Å². The second-order valence-electron chi connectivity index (χ2n) is 3.29. The van der Waals surface area contributed by atoms with E-state index in [1.165, 1.54) is 6.20 Å². The quantitative estimate of drug-likeness (QED) is 0.652. The highest BCUT2D eigenvalue weighted by Gasteiger charge is 2.27. The summed E-state index contributed by atoms with van der Waals surface area (Å²) in [6, 6.07) is 1.03. The van der Waals surface area contributed by atoms with E-state index in [1.807, 2.05) is 0 Å². The third-order valence-electron chi connectivity index (χ3n) is 1.81. The number of hydrogen-bond acceptors (Lipinski definition) is 4. The van der Waals surface area contributed by atoms with Crippen LogP contribution < -0.4 is 5.56 Å². The van der Waals surface area contributed by atoms with Crippen molar-refractivity contribution < 1.29 is 23.1 Å². The average molecular weight is 282 g/mol. The van der Waals surface area contributed by atoms with Crippen LogP contribution in [0, 0.1) is 0 Å². The Morgan fingerprint density at radius 1 is 1.50 bits per heavy atom. The van der Waals surface area contributed by atoms with E-state index in [4.69, 9.17) is 5.11 Å². The van der Waals surface area contributed by atoms with Gasteiger partial charge in [-0.05, 0) is 0 Å². The lowest BCUT2D eigenvalue weighted by atomic mass is 10.4. The molecule has 0 radical (unpaired) electrons. The molecule has 0 aliphatic heterocycles. The SMILES string of the molecule is O=C(O)CSc1nc(=O)ccn1CCC(F)(F)F. The van der Waals surface area contributed by atoms with Crippen LogP contribution in [0.25, 0.3) is 0 Å². The van der Waals surface area contributed by atoms with Crippen LogP contribution in [0.15, 0.2) is 22.2 Å². The summed E-state index contributed by atoms with van der Waals surface area (Å²) in [6.07, 6.45) is -4.22. The Hall–Kier alpha value is -1.51. The van der Waals surface area contributed by atoms with Crippen LogP contribution in [0.2, 0.25) is 0 Å². The van der Waals surface area contributed by atoms with Gasteiger partial charge in [-0.1, -0.05) is 11.8 Å². The van der Waals surface area contributed by atoms with E-state index in [-0.39, 0.29) is 10.9 Å². The molecule has 0 saturated heterocycles. The fourth-order valence-electron chi connectivity index (χ4n) is 1.07. The topological polar surface area (TPSA) is 72.2 Å². The van der Waals surface area contributed by atoms with Gasteiger partial charge in [0.2, 0.25) is 0 Å². The minimum Gasteiger partial charge on any atom is -0.481 e. The summed E-state index contributed by atoms with van der Waals surface area (Å²) in [6.45, 7) is -0.404. The molecule has 1 aromatic rings. The standard InChI is InChI=1S/C9H9F3N2O3S/c10-9(11,12)2-4-14-3-1-6(15)13-8(14)18-5-7(16)17/h1,3H,2,4-5H2,(H,16,17). The van der Waals surface area contributed by atoms with Crippen LogP contribution in [-0.2, 0) is 11.3 Å². The van der Waals surface area contributed by atoms with Crippen LogP contribution in [0.1, 0.15) is 6.42 Å². The van der Waals surface area contributed by atoms with Crippen molar-refractivity contribution in [2.45, 2.75) is 24.3 Å². The lowest BCUT2D eigenvalue weighted by Gasteiger charge is -2.12. The second-order valence-corrected chi connectivity index (χ2v) is 4.23. The minimum atomic E-state index is -4.32. The van der Waals surface area contributed by atoms with Gasteiger partial charge in [-0.2, -0.15) is 18.2 Å². The zero-order valence-corrected chi connectivity index (χ0v) is 9.79. The van der Waals surface area contributed by atoms with Crippen LogP contribution in [-0.4, -0.2) is 32.6 Å². The number of hydrogen-bond donors (Lipinski definition) is 1. The molecule has 1 rings (SSSR count). The maximum atomic E-state index is 12.1. The van der Waals surface area contributed by atoms with E-state index < -0.39 is 30.7 Å². The zero-order chi connectivity index (χ0) is 13.8. The summed E-state index contributed by atoms with van der Waals surface area (Å²) in [5.74, 6) is -1.51. The van der Waals surface area contributed by atoms with E-state index >= 15 is 0 Å². The number of aromatic nitrogens is 2. The molecule has 1 aromatic heterocycles. The van der Waals surface area contributed by atoms with Crippen molar-refractivity contribution in [3.63, 3.8) is 0 Å². The first kappa shape index (κ1) is 14.6. The van der Waals surface area contributed by atoms with Crippen molar-refractivity contribution in [3.8, 4) is 0 Å². The van der Waals surface area contributed by atoms with E-state index in [1.54, 1.807) is 0 Å². The number of rotatable bonds is 5. The monoisotopic (exact) mass is 282 g/mol. The summed E-state index contributed by atoms with van der Waals surface area (Å²) in [5.41, 5.74) is -0.619. The average Bonchev–Trinajstić information content (AvgIpc) is 2.23. The number of thioether (sulfide) groups is 1. The predicted octanol–water partition coefficient (Wildman–Crippen LogP) is 1.37. The third-order valence-corrected chi connectivity index (χ3v) is 2.78. The summed E-state index contributed by atoms with van der Waals surface area (Å²) in [5, 5.41) is 8.44. The van der Waals surface area contributed by atoms with Gasteiger partial charge in [0.25, 0.3) is 5.56 Å². The first-order chi connectivity index (χ1) is 8.28. The molecule has 100 valence electrons. The van der Waals surface area contributed by atoms with Gasteiger partial charge in [-0.3, -0.25) is 9.59 Å². The number of carbonyl (C=O) groups is 1. The second kappa shape index (κ2) is 5.89. The van der Waals surface area contributed by atoms with Crippen molar-refractivity contribution >= 4 is 17.7 Å². The van der Waals surface area contributed by atoms with E-state index in [0.29, 0.717) is 11.8 Å². The Bertz CT molecular complexity index is 487.